The average molecular weight is 1660 g/mol. The maximum absolute atomic E-state index is 2.35. The van der Waals surface area contributed by atoms with Crippen LogP contribution in [-0.4, -0.2) is 0 Å². The lowest BCUT2D eigenvalue weighted by Gasteiger charge is -2.34. The largest absolute Gasteiger partial charge is 0.0713 e. The molecular formula is C131H88. The van der Waals surface area contributed by atoms with E-state index in [1.54, 1.807) is 0 Å². The Morgan fingerprint density at radius 2 is 0.344 bits per heavy atom. The molecule has 0 bridgehead atoms. The summed E-state index contributed by atoms with van der Waals surface area (Å²) in [7, 11) is 0. The summed E-state index contributed by atoms with van der Waals surface area (Å²) in [6, 6.07) is 187. The van der Waals surface area contributed by atoms with Crippen LogP contribution in [-0.2, 0) is 5.41 Å². The molecule has 0 heteroatoms. The number of hydrogen-bond acceptors (Lipinski definition) is 0. The first-order valence-electron chi connectivity index (χ1n) is 45.4. The van der Waals surface area contributed by atoms with Crippen LogP contribution in [0.3, 0.4) is 0 Å². The first kappa shape index (κ1) is 78.8. The summed E-state index contributed by atoms with van der Waals surface area (Å²) in [6.45, 7) is 0. The second kappa shape index (κ2) is 34.5. The van der Waals surface area contributed by atoms with E-state index in [2.05, 4.69) is 534 Å². The highest BCUT2D eigenvalue weighted by Gasteiger charge is 2.46. The summed E-state index contributed by atoms with van der Waals surface area (Å²) in [5, 5.41) is 15.1. The lowest BCUT2D eigenvalue weighted by molar-refractivity contribution is 0.768. The predicted molar refractivity (Wildman–Crippen MR) is 560 cm³/mol. The highest BCUT2D eigenvalue weighted by atomic mass is 14.5. The Morgan fingerprint density at radius 3 is 0.672 bits per heavy atom. The summed E-state index contributed by atoms with van der Waals surface area (Å²) in [5.74, 6) is 0. The van der Waals surface area contributed by atoms with Crippen LogP contribution in [0.1, 0.15) is 44.5 Å². The molecule has 0 amide bonds. The second-order valence-corrected chi connectivity index (χ2v) is 34.4. The minimum atomic E-state index is -0.405. The third kappa shape index (κ3) is 14.8. The van der Waals surface area contributed by atoms with E-state index >= 15 is 0 Å². The van der Waals surface area contributed by atoms with Gasteiger partial charge in [0.2, 0.25) is 0 Å². The number of fused-ring (bicyclic) bond motifs is 9. The first-order valence-corrected chi connectivity index (χ1v) is 45.4. The number of rotatable bonds is 16. The van der Waals surface area contributed by atoms with Crippen LogP contribution in [0.5, 0.6) is 0 Å². The zero-order chi connectivity index (χ0) is 87.0. The standard InChI is InChI=1S/C69H46.C62H42/c1-2-17-55(18-3-1)69(65-27-12-10-20-59(65)60-21-11-13-28-66(60)69)56-45-43-50(44-46-56)49-39-41-54(42-40-49)68-63-24-8-6-22-61(63)67(62-23-7-9-25-64(62)68)53-37-33-48(34-38-53)30-29-47-31-35-52(36-32-47)58-26-14-16-51-15-4-5-19-57(51)58;1-3-14-45(15-4-1)52-40-53(46-16-5-2-6-17-46)42-54(41-52)47-36-38-51(39-37-47)62-59-23-11-9-21-57(59)61(58-22-10-12-24-60(58)62)50-34-30-44(31-35-50)27-26-43-28-32-49(33-29-43)56-25-13-19-48-18-7-8-20-55(48)56/h1-46H;1-42H/b30-29+;27-26+. The molecule has 24 rings (SSSR count). The molecule has 0 radical (unpaired) electrons. The molecular weight excluding hydrogens is 1570 g/mol. The number of hydrogen-bond donors (Lipinski definition) is 0. The van der Waals surface area contributed by atoms with Gasteiger partial charge in [-0.25, -0.2) is 0 Å². The van der Waals surface area contributed by atoms with Crippen LogP contribution < -0.4 is 0 Å². The van der Waals surface area contributed by atoms with Crippen LogP contribution in [0.15, 0.2) is 510 Å². The van der Waals surface area contributed by atoms with E-state index in [9.17, 15) is 0 Å². The van der Waals surface area contributed by atoms with Crippen molar-refractivity contribution in [3.05, 3.63) is 554 Å². The molecule has 1 aliphatic rings. The van der Waals surface area contributed by atoms with Gasteiger partial charge < -0.3 is 0 Å². The molecule has 0 N–H and O–H groups in total. The fraction of sp³-hybridized carbons (Fsp3) is 0.00763. The summed E-state index contributed by atoms with van der Waals surface area (Å²) >= 11 is 0. The number of benzene rings is 23. The Hall–Kier alpha value is -16.9. The van der Waals surface area contributed by atoms with Gasteiger partial charge in [-0.3, -0.25) is 0 Å². The minimum absolute atomic E-state index is 0.405. The summed E-state index contributed by atoms with van der Waals surface area (Å²) in [6.07, 6.45) is 8.83. The molecule has 23 aromatic rings. The monoisotopic (exact) mass is 1660 g/mol. The van der Waals surface area contributed by atoms with Gasteiger partial charge in [0.25, 0.3) is 0 Å². The Labute approximate surface area is 765 Å². The van der Waals surface area contributed by atoms with E-state index in [0.29, 0.717) is 0 Å². The summed E-state index contributed by atoms with van der Waals surface area (Å²) in [4.78, 5) is 0. The molecule has 612 valence electrons. The summed E-state index contributed by atoms with van der Waals surface area (Å²) in [5.41, 5.74) is 36.7. The van der Waals surface area contributed by atoms with Crippen LogP contribution in [0.25, 0.3) is 211 Å². The lowest BCUT2D eigenvalue weighted by atomic mass is 9.67. The van der Waals surface area contributed by atoms with Crippen molar-refractivity contribution in [2.24, 2.45) is 0 Å². The predicted octanol–water partition coefficient (Wildman–Crippen LogP) is 35.7. The van der Waals surface area contributed by atoms with Gasteiger partial charge in [-0.2, -0.15) is 0 Å². The van der Waals surface area contributed by atoms with Gasteiger partial charge in [0.1, 0.15) is 0 Å². The molecule has 0 fully saturated rings. The van der Waals surface area contributed by atoms with E-state index in [0.717, 1.165) is 0 Å². The van der Waals surface area contributed by atoms with Gasteiger partial charge in [-0.1, -0.05) is 516 Å². The normalized spacial score (nSPS) is 12.1. The van der Waals surface area contributed by atoms with Gasteiger partial charge in [0.05, 0.1) is 5.41 Å². The highest BCUT2D eigenvalue weighted by Crippen LogP contribution is 2.57. The minimum Gasteiger partial charge on any atom is -0.0622 e. The molecule has 131 heavy (non-hydrogen) atoms. The molecule has 0 heterocycles. The quantitative estimate of drug-likeness (QED) is 0.0668. The molecule has 0 unspecified atom stereocenters. The average Bonchev–Trinajstić information content (AvgIpc) is 1.55. The van der Waals surface area contributed by atoms with E-state index in [1.165, 1.54) is 232 Å². The van der Waals surface area contributed by atoms with Crippen molar-refractivity contribution < 1.29 is 0 Å². The Morgan fingerprint density at radius 1 is 0.130 bits per heavy atom. The Balaban J connectivity index is 0.000000150. The zero-order valence-electron chi connectivity index (χ0n) is 72.3. The van der Waals surface area contributed by atoms with Gasteiger partial charge in [0, 0.05) is 0 Å². The molecule has 0 saturated carbocycles. The van der Waals surface area contributed by atoms with Crippen molar-refractivity contribution in [1.29, 1.82) is 0 Å². The van der Waals surface area contributed by atoms with Gasteiger partial charge in [-0.05, 0) is 250 Å². The molecule has 0 atom stereocenters. The molecule has 0 spiro atoms. The van der Waals surface area contributed by atoms with Gasteiger partial charge in [-0.15, -0.1) is 0 Å². The second-order valence-electron chi connectivity index (χ2n) is 34.4. The van der Waals surface area contributed by atoms with E-state index in [1.807, 2.05) is 0 Å². The topological polar surface area (TPSA) is 0 Å². The van der Waals surface area contributed by atoms with Gasteiger partial charge in [0.15, 0.2) is 0 Å². The van der Waals surface area contributed by atoms with E-state index in [4.69, 9.17) is 0 Å². The van der Waals surface area contributed by atoms with Crippen LogP contribution in [0.2, 0.25) is 0 Å². The fourth-order valence-electron chi connectivity index (χ4n) is 20.6. The fourth-order valence-corrected chi connectivity index (χ4v) is 20.6. The first-order chi connectivity index (χ1) is 64.9. The summed E-state index contributed by atoms with van der Waals surface area (Å²) < 4.78 is 0. The maximum Gasteiger partial charge on any atom is 0.0713 e. The molecule has 1 aliphatic carbocycles. The maximum atomic E-state index is 2.35. The third-order valence-electron chi connectivity index (χ3n) is 26.9. The Bertz CT molecular complexity index is 8040. The van der Waals surface area contributed by atoms with Crippen molar-refractivity contribution in [2.75, 3.05) is 0 Å². The molecule has 23 aromatic carbocycles. The van der Waals surface area contributed by atoms with Gasteiger partial charge >= 0.3 is 0 Å². The van der Waals surface area contributed by atoms with E-state index in [-0.39, 0.29) is 0 Å². The molecule has 0 aliphatic heterocycles. The van der Waals surface area contributed by atoms with Crippen molar-refractivity contribution in [3.8, 4) is 122 Å². The lowest BCUT2D eigenvalue weighted by Crippen LogP contribution is -2.28. The van der Waals surface area contributed by atoms with E-state index < -0.39 is 5.41 Å². The Kier molecular flexibility index (Phi) is 20.7. The van der Waals surface area contributed by atoms with Crippen molar-refractivity contribution in [2.45, 2.75) is 5.41 Å². The third-order valence-corrected chi connectivity index (χ3v) is 26.9. The molecule has 0 nitrogen and oxygen atoms in total. The zero-order valence-corrected chi connectivity index (χ0v) is 72.3. The SMILES string of the molecule is C(=C\c1ccc(-c2c3ccccc3c(-c3ccc(-c4cc(-c5ccccc5)cc(-c5ccccc5)c4)cc3)c3ccccc23)cc1)/c1ccc(-c2cccc3ccccc23)cc1.C(=C\c1ccc(-c2c3ccccc3c(-c3ccc(-c4ccc(C5(c6ccccc6)c6ccccc6-c6ccccc65)cc4)cc3)c3ccccc23)cc1)/c1ccc(-c2cccc3ccccc23)cc1. The highest BCUT2D eigenvalue weighted by molar-refractivity contribution is 6.23. The van der Waals surface area contributed by atoms with Crippen molar-refractivity contribution in [3.63, 3.8) is 0 Å². The smallest absolute Gasteiger partial charge is 0.0622 e. The van der Waals surface area contributed by atoms with Crippen LogP contribution in [0.4, 0.5) is 0 Å². The van der Waals surface area contributed by atoms with Crippen LogP contribution in [0, 0.1) is 0 Å². The van der Waals surface area contributed by atoms with Crippen LogP contribution >= 0.6 is 0 Å². The van der Waals surface area contributed by atoms with Crippen molar-refractivity contribution >= 4 is 88.9 Å². The van der Waals surface area contributed by atoms with Crippen molar-refractivity contribution in [1.82, 2.24) is 0 Å². The molecule has 0 aromatic heterocycles. The molecule has 0 saturated heterocycles.